The van der Waals surface area contributed by atoms with Gasteiger partial charge in [0.25, 0.3) is 0 Å². The highest BCUT2D eigenvalue weighted by Gasteiger charge is 2.35. The van der Waals surface area contributed by atoms with Gasteiger partial charge in [0.2, 0.25) is 0 Å². The summed E-state index contributed by atoms with van der Waals surface area (Å²) in [5.41, 5.74) is -0.0187. The molecule has 0 fully saturated rings. The Bertz CT molecular complexity index is 947. The van der Waals surface area contributed by atoms with Gasteiger partial charge in [-0.25, -0.2) is 9.48 Å². The average molecular weight is 362 g/mol. The van der Waals surface area contributed by atoms with Crippen molar-refractivity contribution in [1.29, 1.82) is 0 Å². The molecular weight excluding hydrogens is 349 g/mol. The van der Waals surface area contributed by atoms with Crippen LogP contribution in [0.4, 0.5) is 13.2 Å². The Kier molecular flexibility index (Phi) is 4.41. The second-order valence-electron chi connectivity index (χ2n) is 5.41. The van der Waals surface area contributed by atoms with Crippen molar-refractivity contribution < 1.29 is 27.8 Å². The summed E-state index contributed by atoms with van der Waals surface area (Å²) in [6, 6.07) is 12.9. The molecule has 1 heterocycles. The molecule has 3 aromatic rings. The van der Waals surface area contributed by atoms with E-state index in [-0.39, 0.29) is 11.3 Å². The zero-order chi connectivity index (χ0) is 18.9. The lowest BCUT2D eigenvalue weighted by Gasteiger charge is -2.09. The van der Waals surface area contributed by atoms with Gasteiger partial charge in [-0.2, -0.15) is 18.3 Å². The van der Waals surface area contributed by atoms with Crippen LogP contribution >= 0.6 is 0 Å². The number of methoxy groups -OCH3 is 1. The summed E-state index contributed by atoms with van der Waals surface area (Å²) < 4.78 is 45.7. The van der Waals surface area contributed by atoms with E-state index < -0.39 is 17.8 Å². The number of nitrogens with zero attached hydrogens (tertiary/aromatic N) is 2. The predicted molar refractivity (Wildman–Crippen MR) is 87.5 cm³/mol. The molecule has 1 aromatic heterocycles. The molecule has 0 saturated heterocycles. The van der Waals surface area contributed by atoms with Crippen LogP contribution in [-0.2, 0) is 6.18 Å². The van der Waals surface area contributed by atoms with Crippen LogP contribution in [0.5, 0.6) is 5.75 Å². The first-order valence-corrected chi connectivity index (χ1v) is 7.45. The first kappa shape index (κ1) is 17.5. The molecule has 0 aliphatic rings. The lowest BCUT2D eigenvalue weighted by atomic mass is 10.1. The first-order valence-electron chi connectivity index (χ1n) is 7.45. The van der Waals surface area contributed by atoms with Gasteiger partial charge < -0.3 is 9.84 Å². The molecule has 0 radical (unpaired) electrons. The third-order valence-electron chi connectivity index (χ3n) is 3.72. The second-order valence-corrected chi connectivity index (χ2v) is 5.41. The van der Waals surface area contributed by atoms with E-state index in [0.29, 0.717) is 17.0 Å². The number of carboxylic acid groups (broad SMARTS) is 1. The van der Waals surface area contributed by atoms with Crippen LogP contribution in [0.2, 0.25) is 0 Å². The number of ether oxygens (including phenoxy) is 1. The van der Waals surface area contributed by atoms with E-state index in [1.54, 1.807) is 24.3 Å². The minimum Gasteiger partial charge on any atom is -0.497 e. The minimum atomic E-state index is -4.61. The monoisotopic (exact) mass is 362 g/mol. The predicted octanol–water partition coefficient (Wildman–Crippen LogP) is 4.26. The molecule has 134 valence electrons. The van der Waals surface area contributed by atoms with Crippen LogP contribution in [0.1, 0.15) is 16.1 Å². The summed E-state index contributed by atoms with van der Waals surface area (Å²) in [6.07, 6.45) is -4.61. The molecule has 0 saturated carbocycles. The number of rotatable bonds is 4. The van der Waals surface area contributed by atoms with Gasteiger partial charge in [-0.3, -0.25) is 0 Å². The fraction of sp³-hybridized carbons (Fsp3) is 0.111. The standard InChI is InChI=1S/C18H13F3N2O3/c1-26-14-4-2-3-12(9-14)15-10-16(18(19,20)21)22-23(15)13-7-5-11(6-8-13)17(24)25/h2-10H,1H3,(H,24,25). The summed E-state index contributed by atoms with van der Waals surface area (Å²) in [7, 11) is 1.46. The van der Waals surface area contributed by atoms with Gasteiger partial charge in [0, 0.05) is 5.56 Å². The number of aromatic carboxylic acids is 1. The third kappa shape index (κ3) is 3.39. The van der Waals surface area contributed by atoms with Crippen molar-refractivity contribution in [2.24, 2.45) is 0 Å². The van der Waals surface area contributed by atoms with Crippen molar-refractivity contribution in [3.8, 4) is 22.7 Å². The highest BCUT2D eigenvalue weighted by molar-refractivity contribution is 5.87. The Hall–Kier alpha value is -3.29. The number of halogens is 3. The number of carboxylic acids is 1. The Balaban J connectivity index is 2.16. The van der Waals surface area contributed by atoms with E-state index in [0.717, 1.165) is 10.7 Å². The third-order valence-corrected chi connectivity index (χ3v) is 3.72. The molecule has 1 N–H and O–H groups in total. The maximum absolute atomic E-state index is 13.1. The SMILES string of the molecule is COc1cccc(-c2cc(C(F)(F)F)nn2-c2ccc(C(=O)O)cc2)c1. The molecule has 0 bridgehead atoms. The Morgan fingerprint density at radius 3 is 2.38 bits per heavy atom. The van der Waals surface area contributed by atoms with Crippen molar-refractivity contribution in [3.63, 3.8) is 0 Å². The van der Waals surface area contributed by atoms with E-state index in [4.69, 9.17) is 9.84 Å². The molecule has 0 amide bonds. The van der Waals surface area contributed by atoms with Gasteiger partial charge in [0.15, 0.2) is 5.69 Å². The summed E-state index contributed by atoms with van der Waals surface area (Å²) in [6.45, 7) is 0. The average Bonchev–Trinajstić information content (AvgIpc) is 3.07. The molecule has 2 aromatic carbocycles. The van der Waals surface area contributed by atoms with E-state index in [9.17, 15) is 18.0 Å². The van der Waals surface area contributed by atoms with E-state index in [1.807, 2.05) is 0 Å². The molecule has 5 nitrogen and oxygen atoms in total. The van der Waals surface area contributed by atoms with Gasteiger partial charge in [-0.1, -0.05) is 12.1 Å². The zero-order valence-corrected chi connectivity index (χ0v) is 13.5. The molecular formula is C18H13F3N2O3. The number of alkyl halides is 3. The molecule has 8 heteroatoms. The fourth-order valence-electron chi connectivity index (χ4n) is 2.45. The summed E-state index contributed by atoms with van der Waals surface area (Å²) in [4.78, 5) is 11.0. The number of aromatic nitrogens is 2. The number of benzene rings is 2. The van der Waals surface area contributed by atoms with Crippen molar-refractivity contribution in [3.05, 3.63) is 65.9 Å². The summed E-state index contributed by atoms with van der Waals surface area (Å²) in [5, 5.41) is 12.6. The highest BCUT2D eigenvalue weighted by Crippen LogP contribution is 2.34. The molecule has 26 heavy (non-hydrogen) atoms. The quantitative estimate of drug-likeness (QED) is 0.753. The maximum Gasteiger partial charge on any atom is 0.435 e. The number of carbonyl (C=O) groups is 1. The lowest BCUT2D eigenvalue weighted by molar-refractivity contribution is -0.141. The summed E-state index contributed by atoms with van der Waals surface area (Å²) in [5.74, 6) is -0.633. The van der Waals surface area contributed by atoms with Gasteiger partial charge in [-0.15, -0.1) is 0 Å². The number of hydrogen-bond acceptors (Lipinski definition) is 3. The van der Waals surface area contributed by atoms with Crippen molar-refractivity contribution in [2.45, 2.75) is 6.18 Å². The van der Waals surface area contributed by atoms with Crippen LogP contribution in [-0.4, -0.2) is 28.0 Å². The topological polar surface area (TPSA) is 64.4 Å². The summed E-state index contributed by atoms with van der Waals surface area (Å²) >= 11 is 0. The minimum absolute atomic E-state index is 0.0277. The van der Waals surface area contributed by atoms with E-state index >= 15 is 0 Å². The number of hydrogen-bond donors (Lipinski definition) is 1. The van der Waals surface area contributed by atoms with Gasteiger partial charge in [-0.05, 0) is 42.5 Å². The van der Waals surface area contributed by atoms with Gasteiger partial charge in [0.05, 0.1) is 24.1 Å². The second kappa shape index (κ2) is 6.55. The Morgan fingerprint density at radius 1 is 1.12 bits per heavy atom. The molecule has 0 aliphatic carbocycles. The Morgan fingerprint density at radius 2 is 1.81 bits per heavy atom. The van der Waals surface area contributed by atoms with Crippen molar-refractivity contribution >= 4 is 5.97 Å². The molecule has 0 atom stereocenters. The van der Waals surface area contributed by atoms with Crippen LogP contribution in [0.25, 0.3) is 16.9 Å². The fourth-order valence-corrected chi connectivity index (χ4v) is 2.45. The Labute approximate surface area is 146 Å². The normalized spacial score (nSPS) is 11.4. The largest absolute Gasteiger partial charge is 0.497 e. The zero-order valence-electron chi connectivity index (χ0n) is 13.5. The van der Waals surface area contributed by atoms with E-state index in [1.165, 1.54) is 31.4 Å². The van der Waals surface area contributed by atoms with Crippen LogP contribution in [0, 0.1) is 0 Å². The van der Waals surface area contributed by atoms with Gasteiger partial charge >= 0.3 is 12.1 Å². The molecule has 0 spiro atoms. The van der Waals surface area contributed by atoms with Crippen molar-refractivity contribution in [1.82, 2.24) is 9.78 Å². The van der Waals surface area contributed by atoms with Crippen LogP contribution < -0.4 is 4.74 Å². The lowest BCUT2D eigenvalue weighted by Crippen LogP contribution is -2.07. The van der Waals surface area contributed by atoms with Crippen molar-refractivity contribution in [2.75, 3.05) is 7.11 Å². The first-order chi connectivity index (χ1) is 12.3. The van der Waals surface area contributed by atoms with Crippen LogP contribution in [0.15, 0.2) is 54.6 Å². The molecule has 3 rings (SSSR count). The maximum atomic E-state index is 13.1. The smallest absolute Gasteiger partial charge is 0.435 e. The highest BCUT2D eigenvalue weighted by atomic mass is 19.4. The van der Waals surface area contributed by atoms with E-state index in [2.05, 4.69) is 5.10 Å². The molecule has 0 aliphatic heterocycles. The van der Waals surface area contributed by atoms with Crippen LogP contribution in [0.3, 0.4) is 0 Å². The van der Waals surface area contributed by atoms with Gasteiger partial charge in [0.1, 0.15) is 5.75 Å². The molecule has 0 unspecified atom stereocenters.